The molecule has 1 amide bonds. The summed E-state index contributed by atoms with van der Waals surface area (Å²) in [6, 6.07) is 5.99. The van der Waals surface area contributed by atoms with Gasteiger partial charge in [0.1, 0.15) is 0 Å². The zero-order valence-corrected chi connectivity index (χ0v) is 12.2. The van der Waals surface area contributed by atoms with Crippen molar-refractivity contribution < 1.29 is 13.2 Å². The molecule has 0 aliphatic heterocycles. The molecule has 1 aromatic heterocycles. The zero-order chi connectivity index (χ0) is 15.5. The summed E-state index contributed by atoms with van der Waals surface area (Å²) in [5.41, 5.74) is 5.88. The molecule has 2 rings (SSSR count). The lowest BCUT2D eigenvalue weighted by molar-refractivity contribution is 0.102. The molecule has 3 N–H and O–H groups in total. The summed E-state index contributed by atoms with van der Waals surface area (Å²) in [7, 11) is -3.33. The first-order chi connectivity index (χ1) is 9.90. The van der Waals surface area contributed by atoms with Gasteiger partial charge in [0.2, 0.25) is 0 Å². The average Bonchev–Trinajstić information content (AvgIpc) is 2.87. The van der Waals surface area contributed by atoms with Gasteiger partial charge in [0.25, 0.3) is 5.91 Å². The van der Waals surface area contributed by atoms with Crippen molar-refractivity contribution in [2.24, 2.45) is 5.73 Å². The van der Waals surface area contributed by atoms with Gasteiger partial charge in [-0.2, -0.15) is 0 Å². The lowest BCUT2D eigenvalue weighted by Crippen LogP contribution is -2.13. The number of nitrogens with two attached hydrogens (primary N) is 1. The number of aromatic nitrogens is 3. The van der Waals surface area contributed by atoms with Gasteiger partial charge in [0.05, 0.1) is 17.6 Å². The third-order valence-corrected chi connectivity index (χ3v) is 3.76. The molecular weight excluding hydrogens is 294 g/mol. The molecular formula is C12H15N5O3S. The third-order valence-electron chi connectivity index (χ3n) is 2.65. The lowest BCUT2D eigenvalue weighted by atomic mass is 10.3. The Balaban J connectivity index is 2.15. The molecule has 0 aliphatic rings. The summed E-state index contributed by atoms with van der Waals surface area (Å²) in [6.07, 6.45) is 2.58. The number of carbonyl (C=O) groups is 1. The maximum absolute atomic E-state index is 12.0. The predicted octanol–water partition coefficient (Wildman–Crippen LogP) is -0.107. The van der Waals surface area contributed by atoms with Gasteiger partial charge in [0, 0.05) is 18.5 Å². The summed E-state index contributed by atoms with van der Waals surface area (Å²) in [5, 5.41) is 10.1. The molecule has 2 aromatic rings. The van der Waals surface area contributed by atoms with Gasteiger partial charge in [-0.05, 0) is 18.2 Å². The van der Waals surface area contributed by atoms with E-state index in [1.165, 1.54) is 23.0 Å². The van der Waals surface area contributed by atoms with Crippen LogP contribution in [-0.2, 0) is 16.4 Å². The first-order valence-corrected chi connectivity index (χ1v) is 8.01. The number of rotatable bonds is 5. The van der Waals surface area contributed by atoms with E-state index >= 15 is 0 Å². The van der Waals surface area contributed by atoms with Crippen molar-refractivity contribution in [1.82, 2.24) is 15.0 Å². The van der Waals surface area contributed by atoms with Crippen LogP contribution in [0.4, 0.5) is 5.69 Å². The molecule has 8 nitrogen and oxygen atoms in total. The van der Waals surface area contributed by atoms with E-state index in [0.717, 1.165) is 6.26 Å². The molecule has 1 heterocycles. The topological polar surface area (TPSA) is 120 Å². The number of nitrogens with one attached hydrogen (secondary N) is 1. The van der Waals surface area contributed by atoms with Gasteiger partial charge in [-0.3, -0.25) is 9.48 Å². The van der Waals surface area contributed by atoms with E-state index in [1.807, 2.05) is 0 Å². The Morgan fingerprint density at radius 3 is 2.86 bits per heavy atom. The van der Waals surface area contributed by atoms with E-state index in [0.29, 0.717) is 18.8 Å². The SMILES string of the molecule is CS(=O)(=O)c1cccc(NC(=O)c2cn(CCN)nn2)c1. The molecule has 0 saturated heterocycles. The first kappa shape index (κ1) is 15.1. The van der Waals surface area contributed by atoms with Crippen molar-refractivity contribution in [3.05, 3.63) is 36.2 Å². The van der Waals surface area contributed by atoms with Crippen LogP contribution in [0, 0.1) is 0 Å². The van der Waals surface area contributed by atoms with Crippen LogP contribution < -0.4 is 11.1 Å². The molecule has 9 heteroatoms. The van der Waals surface area contributed by atoms with Gasteiger partial charge in [0.15, 0.2) is 15.5 Å². The van der Waals surface area contributed by atoms with Crippen LogP contribution in [0.2, 0.25) is 0 Å². The van der Waals surface area contributed by atoms with Crippen LogP contribution in [0.15, 0.2) is 35.4 Å². The smallest absolute Gasteiger partial charge is 0.277 e. The van der Waals surface area contributed by atoms with Gasteiger partial charge < -0.3 is 11.1 Å². The van der Waals surface area contributed by atoms with E-state index in [2.05, 4.69) is 15.6 Å². The summed E-state index contributed by atoms with van der Waals surface area (Å²) < 4.78 is 24.4. The number of hydrogen-bond acceptors (Lipinski definition) is 6. The number of carbonyl (C=O) groups excluding carboxylic acids is 1. The molecule has 21 heavy (non-hydrogen) atoms. The molecule has 0 aliphatic carbocycles. The molecule has 0 fully saturated rings. The molecule has 0 unspecified atom stereocenters. The van der Waals surface area contributed by atoms with Crippen molar-refractivity contribution in [3.8, 4) is 0 Å². The predicted molar refractivity (Wildman–Crippen MR) is 76.6 cm³/mol. The zero-order valence-electron chi connectivity index (χ0n) is 11.4. The Morgan fingerprint density at radius 1 is 1.43 bits per heavy atom. The highest BCUT2D eigenvalue weighted by Gasteiger charge is 2.13. The average molecular weight is 309 g/mol. The normalized spacial score (nSPS) is 11.3. The van der Waals surface area contributed by atoms with E-state index in [-0.39, 0.29) is 10.6 Å². The number of amides is 1. The van der Waals surface area contributed by atoms with Crippen LogP contribution in [0.5, 0.6) is 0 Å². The molecule has 0 atom stereocenters. The third kappa shape index (κ3) is 3.86. The highest BCUT2D eigenvalue weighted by atomic mass is 32.2. The van der Waals surface area contributed by atoms with E-state index in [1.54, 1.807) is 12.1 Å². The highest BCUT2D eigenvalue weighted by molar-refractivity contribution is 7.90. The van der Waals surface area contributed by atoms with Gasteiger partial charge in [-0.25, -0.2) is 8.42 Å². The van der Waals surface area contributed by atoms with E-state index in [4.69, 9.17) is 5.73 Å². The number of anilines is 1. The minimum absolute atomic E-state index is 0.132. The molecule has 1 aromatic carbocycles. The standard InChI is InChI=1S/C12H15N5O3S/c1-21(19,20)10-4-2-3-9(7-10)14-12(18)11-8-17(6-5-13)16-15-11/h2-4,7-8H,5-6,13H2,1H3,(H,14,18). The Labute approximate surface area is 121 Å². The number of hydrogen-bond donors (Lipinski definition) is 2. The highest BCUT2D eigenvalue weighted by Crippen LogP contribution is 2.15. The summed E-state index contributed by atoms with van der Waals surface area (Å²) in [4.78, 5) is 12.1. The van der Waals surface area contributed by atoms with Gasteiger partial charge >= 0.3 is 0 Å². The van der Waals surface area contributed by atoms with Crippen LogP contribution in [-0.4, -0.2) is 42.1 Å². The van der Waals surface area contributed by atoms with E-state index < -0.39 is 15.7 Å². The van der Waals surface area contributed by atoms with Gasteiger partial charge in [-0.1, -0.05) is 11.3 Å². The Hall–Kier alpha value is -2.26. The second-order valence-corrected chi connectivity index (χ2v) is 6.43. The second kappa shape index (κ2) is 6.02. The van der Waals surface area contributed by atoms with Crippen LogP contribution >= 0.6 is 0 Å². The Bertz CT molecular complexity index is 754. The maximum Gasteiger partial charge on any atom is 0.277 e. The fourth-order valence-electron chi connectivity index (χ4n) is 1.64. The lowest BCUT2D eigenvalue weighted by Gasteiger charge is -2.04. The summed E-state index contributed by atoms with van der Waals surface area (Å²) in [6.45, 7) is 0.852. The van der Waals surface area contributed by atoms with Crippen molar-refractivity contribution in [2.75, 3.05) is 18.1 Å². The number of nitrogens with zero attached hydrogens (tertiary/aromatic N) is 3. The minimum atomic E-state index is -3.33. The minimum Gasteiger partial charge on any atom is -0.329 e. The molecule has 0 spiro atoms. The molecule has 0 radical (unpaired) electrons. The van der Waals surface area contributed by atoms with Gasteiger partial charge in [-0.15, -0.1) is 5.10 Å². The van der Waals surface area contributed by atoms with Crippen LogP contribution in [0.1, 0.15) is 10.5 Å². The maximum atomic E-state index is 12.0. The first-order valence-electron chi connectivity index (χ1n) is 6.12. The number of benzene rings is 1. The molecule has 0 saturated carbocycles. The van der Waals surface area contributed by atoms with Crippen LogP contribution in [0.25, 0.3) is 0 Å². The van der Waals surface area contributed by atoms with Crippen molar-refractivity contribution in [1.29, 1.82) is 0 Å². The Morgan fingerprint density at radius 2 is 2.19 bits per heavy atom. The monoisotopic (exact) mass is 309 g/mol. The fraction of sp³-hybridized carbons (Fsp3) is 0.250. The fourth-order valence-corrected chi connectivity index (χ4v) is 2.31. The van der Waals surface area contributed by atoms with Crippen molar-refractivity contribution in [2.45, 2.75) is 11.4 Å². The molecule has 112 valence electrons. The molecule has 0 bridgehead atoms. The van der Waals surface area contributed by atoms with E-state index in [9.17, 15) is 13.2 Å². The largest absolute Gasteiger partial charge is 0.329 e. The second-order valence-electron chi connectivity index (χ2n) is 4.41. The van der Waals surface area contributed by atoms with Crippen molar-refractivity contribution >= 4 is 21.4 Å². The number of sulfone groups is 1. The van der Waals surface area contributed by atoms with Crippen LogP contribution in [0.3, 0.4) is 0 Å². The Kier molecular flexibility index (Phi) is 4.34. The summed E-state index contributed by atoms with van der Waals surface area (Å²) in [5.74, 6) is -0.469. The summed E-state index contributed by atoms with van der Waals surface area (Å²) >= 11 is 0. The quantitative estimate of drug-likeness (QED) is 0.795. The van der Waals surface area contributed by atoms with Crippen molar-refractivity contribution in [3.63, 3.8) is 0 Å².